The number of aldehydes is 1. The number of hydrogen-bond acceptors (Lipinski definition) is 5. The van der Waals surface area contributed by atoms with Crippen molar-refractivity contribution < 1.29 is 4.79 Å². The monoisotopic (exact) mass is 294 g/mol. The molecule has 1 aromatic heterocycles. The molecule has 2 fully saturated rings. The summed E-state index contributed by atoms with van der Waals surface area (Å²) in [6.45, 7) is 4.14. The first-order valence-corrected chi connectivity index (χ1v) is 7.55. The van der Waals surface area contributed by atoms with Gasteiger partial charge in [0.05, 0.1) is 5.56 Å². The maximum Gasteiger partial charge on any atom is 0.156 e. The average molecular weight is 295 g/mol. The van der Waals surface area contributed by atoms with Crippen molar-refractivity contribution in [2.75, 3.05) is 18.4 Å². The quantitative estimate of drug-likeness (QED) is 0.685. The summed E-state index contributed by atoms with van der Waals surface area (Å²) in [5, 5.41) is 3.63. The number of anilines is 1. The van der Waals surface area contributed by atoms with Crippen LogP contribution in [0.5, 0.6) is 0 Å². The highest BCUT2D eigenvalue weighted by molar-refractivity contribution is 6.32. The average Bonchev–Trinajstić information content (AvgIpc) is 2.85. The van der Waals surface area contributed by atoms with Crippen molar-refractivity contribution in [2.24, 2.45) is 0 Å². The molecule has 0 spiro atoms. The van der Waals surface area contributed by atoms with Crippen LogP contribution in [0.25, 0.3) is 0 Å². The van der Waals surface area contributed by atoms with Crippen LogP contribution in [0.1, 0.15) is 41.9 Å². The van der Waals surface area contributed by atoms with E-state index in [-0.39, 0.29) is 5.15 Å². The Morgan fingerprint density at radius 3 is 3.00 bits per heavy atom. The molecule has 0 bridgehead atoms. The van der Waals surface area contributed by atoms with Crippen molar-refractivity contribution in [1.29, 1.82) is 0 Å². The van der Waals surface area contributed by atoms with Gasteiger partial charge >= 0.3 is 0 Å². The third-order valence-corrected chi connectivity index (χ3v) is 4.58. The third kappa shape index (κ3) is 2.65. The lowest BCUT2D eigenvalue weighted by Crippen LogP contribution is -2.43. The number of aromatic nitrogens is 2. The van der Waals surface area contributed by atoms with E-state index in [1.807, 2.05) is 0 Å². The number of nitrogens with one attached hydrogen (secondary N) is 1. The summed E-state index contributed by atoms with van der Waals surface area (Å²) in [7, 11) is 0. The number of fused-ring (bicyclic) bond motifs is 1. The van der Waals surface area contributed by atoms with Crippen LogP contribution in [0.15, 0.2) is 0 Å². The number of carbonyl (C=O) groups excluding carboxylic acids is 1. The van der Waals surface area contributed by atoms with Gasteiger partial charge in [0.2, 0.25) is 0 Å². The largest absolute Gasteiger partial charge is 0.366 e. The molecule has 6 heteroatoms. The topological polar surface area (TPSA) is 58.1 Å². The lowest BCUT2D eigenvalue weighted by Gasteiger charge is -2.35. The van der Waals surface area contributed by atoms with Crippen LogP contribution in [-0.4, -0.2) is 46.3 Å². The van der Waals surface area contributed by atoms with Crippen LogP contribution in [0, 0.1) is 6.92 Å². The lowest BCUT2D eigenvalue weighted by atomic mass is 9.97. The van der Waals surface area contributed by atoms with Crippen molar-refractivity contribution in [3.05, 3.63) is 16.5 Å². The Kier molecular flexibility index (Phi) is 3.89. The summed E-state index contributed by atoms with van der Waals surface area (Å²) in [6.07, 6.45) is 5.50. The Morgan fingerprint density at radius 1 is 1.35 bits per heavy atom. The van der Waals surface area contributed by atoms with Gasteiger partial charge in [-0.3, -0.25) is 4.79 Å². The number of carbonyl (C=O) groups is 1. The van der Waals surface area contributed by atoms with Gasteiger partial charge in [0.1, 0.15) is 16.8 Å². The zero-order chi connectivity index (χ0) is 14.1. The molecule has 5 nitrogen and oxygen atoms in total. The van der Waals surface area contributed by atoms with Gasteiger partial charge < -0.3 is 10.2 Å². The van der Waals surface area contributed by atoms with E-state index in [0.29, 0.717) is 29.3 Å². The van der Waals surface area contributed by atoms with Crippen LogP contribution < -0.4 is 5.32 Å². The maximum absolute atomic E-state index is 11.2. The highest BCUT2D eigenvalue weighted by atomic mass is 35.5. The van der Waals surface area contributed by atoms with Gasteiger partial charge in [0.25, 0.3) is 0 Å². The maximum atomic E-state index is 11.2. The first-order chi connectivity index (χ1) is 9.67. The molecule has 20 heavy (non-hydrogen) atoms. The fraction of sp³-hybridized carbons (Fsp3) is 0.643. The normalized spacial score (nSPS) is 26.3. The standard InChI is InChI=1S/C14H19ClN4O/c1-9-16-13(15)12(8-20)14(17-9)18-10-4-6-19-5-2-3-11(19)7-10/h8,10-11H,2-7H2,1H3,(H,16,17,18). The molecule has 0 radical (unpaired) electrons. The first kappa shape index (κ1) is 13.8. The van der Waals surface area contributed by atoms with E-state index >= 15 is 0 Å². The summed E-state index contributed by atoms with van der Waals surface area (Å²) in [5.74, 6) is 1.16. The summed E-state index contributed by atoms with van der Waals surface area (Å²) in [5.41, 5.74) is 0.367. The Hall–Kier alpha value is -1.20. The smallest absolute Gasteiger partial charge is 0.156 e. The predicted octanol–water partition coefficient (Wildman–Crippen LogP) is 2.29. The van der Waals surface area contributed by atoms with E-state index in [1.165, 1.54) is 19.4 Å². The van der Waals surface area contributed by atoms with E-state index in [9.17, 15) is 4.79 Å². The van der Waals surface area contributed by atoms with Gasteiger partial charge in [0, 0.05) is 18.6 Å². The molecule has 2 aliphatic rings. The Morgan fingerprint density at radius 2 is 2.20 bits per heavy atom. The minimum absolute atomic E-state index is 0.230. The minimum atomic E-state index is 0.230. The van der Waals surface area contributed by atoms with Crippen LogP contribution in [0.2, 0.25) is 5.15 Å². The van der Waals surface area contributed by atoms with Crippen LogP contribution in [-0.2, 0) is 0 Å². The van der Waals surface area contributed by atoms with E-state index in [1.54, 1.807) is 6.92 Å². The molecular weight excluding hydrogens is 276 g/mol. The highest BCUT2D eigenvalue weighted by Gasteiger charge is 2.32. The second-order valence-electron chi connectivity index (χ2n) is 5.64. The fourth-order valence-electron chi connectivity index (χ4n) is 3.31. The first-order valence-electron chi connectivity index (χ1n) is 7.17. The Labute approximate surface area is 123 Å². The molecule has 2 saturated heterocycles. The van der Waals surface area contributed by atoms with Gasteiger partial charge in [0.15, 0.2) is 6.29 Å². The van der Waals surface area contributed by atoms with Crippen molar-refractivity contribution in [1.82, 2.24) is 14.9 Å². The molecule has 2 aliphatic heterocycles. The minimum Gasteiger partial charge on any atom is -0.366 e. The SMILES string of the molecule is Cc1nc(Cl)c(C=O)c(NC2CCN3CCCC3C2)n1. The van der Waals surface area contributed by atoms with Crippen LogP contribution >= 0.6 is 11.6 Å². The molecular formula is C14H19ClN4O. The van der Waals surface area contributed by atoms with E-state index in [0.717, 1.165) is 25.7 Å². The Balaban J connectivity index is 1.76. The molecule has 2 atom stereocenters. The van der Waals surface area contributed by atoms with Crippen molar-refractivity contribution in [2.45, 2.75) is 44.7 Å². The molecule has 1 N–H and O–H groups in total. The molecule has 2 unspecified atom stereocenters. The number of hydrogen-bond donors (Lipinski definition) is 1. The van der Waals surface area contributed by atoms with E-state index in [2.05, 4.69) is 20.2 Å². The second kappa shape index (κ2) is 5.66. The molecule has 0 saturated carbocycles. The summed E-state index contributed by atoms with van der Waals surface area (Å²) < 4.78 is 0. The number of rotatable bonds is 3. The zero-order valence-corrected chi connectivity index (χ0v) is 12.4. The van der Waals surface area contributed by atoms with Gasteiger partial charge in [-0.15, -0.1) is 0 Å². The van der Waals surface area contributed by atoms with Crippen molar-refractivity contribution >= 4 is 23.7 Å². The van der Waals surface area contributed by atoms with Crippen LogP contribution in [0.4, 0.5) is 5.82 Å². The molecule has 1 aromatic rings. The highest BCUT2D eigenvalue weighted by Crippen LogP contribution is 2.29. The van der Waals surface area contributed by atoms with E-state index in [4.69, 9.17) is 11.6 Å². The lowest BCUT2D eigenvalue weighted by molar-refractivity contribution is 0.112. The zero-order valence-electron chi connectivity index (χ0n) is 11.6. The van der Waals surface area contributed by atoms with Gasteiger partial charge in [-0.05, 0) is 39.2 Å². The van der Waals surface area contributed by atoms with Gasteiger partial charge in [-0.1, -0.05) is 11.6 Å². The fourth-order valence-corrected chi connectivity index (χ4v) is 3.57. The van der Waals surface area contributed by atoms with Gasteiger partial charge in [-0.2, -0.15) is 0 Å². The van der Waals surface area contributed by atoms with Crippen LogP contribution in [0.3, 0.4) is 0 Å². The molecule has 0 aliphatic carbocycles. The predicted molar refractivity (Wildman–Crippen MR) is 78.4 cm³/mol. The number of aryl methyl sites for hydroxylation is 1. The van der Waals surface area contributed by atoms with Crippen molar-refractivity contribution in [3.63, 3.8) is 0 Å². The molecule has 3 heterocycles. The summed E-state index contributed by atoms with van der Waals surface area (Å²) in [4.78, 5) is 22.1. The second-order valence-corrected chi connectivity index (χ2v) is 6.00. The van der Waals surface area contributed by atoms with Crippen molar-refractivity contribution in [3.8, 4) is 0 Å². The molecule has 0 amide bonds. The third-order valence-electron chi connectivity index (χ3n) is 4.29. The number of halogens is 1. The van der Waals surface area contributed by atoms with E-state index < -0.39 is 0 Å². The molecule has 3 rings (SSSR count). The molecule has 108 valence electrons. The van der Waals surface area contributed by atoms with Gasteiger partial charge in [-0.25, -0.2) is 9.97 Å². The summed E-state index contributed by atoms with van der Waals surface area (Å²) in [6, 6.07) is 1.04. The molecule has 0 aromatic carbocycles. The number of nitrogens with zero attached hydrogens (tertiary/aromatic N) is 3. The Bertz CT molecular complexity index is 522. The number of piperidine rings is 1. The summed E-state index contributed by atoms with van der Waals surface area (Å²) >= 11 is 6.01.